The Morgan fingerprint density at radius 3 is 2.81 bits per heavy atom. The molecule has 0 unspecified atom stereocenters. The first-order valence-corrected chi connectivity index (χ1v) is 6.36. The monoisotopic (exact) mass is 283 g/mol. The van der Waals surface area contributed by atoms with Gasteiger partial charge in [-0.2, -0.15) is 5.10 Å². The molecule has 3 aromatic rings. The van der Waals surface area contributed by atoms with Crippen LogP contribution in [-0.2, 0) is 13.6 Å². The molecule has 0 aliphatic carbocycles. The summed E-state index contributed by atoms with van der Waals surface area (Å²) in [5, 5.41) is 25.1. The number of nitrogens with one attached hydrogen (secondary N) is 1. The third-order valence-corrected chi connectivity index (χ3v) is 3.09. The molecule has 0 saturated heterocycles. The topological polar surface area (TPSA) is 92.9 Å². The number of aryl methyl sites for hydroxylation is 1. The van der Waals surface area contributed by atoms with Crippen molar-refractivity contribution >= 4 is 22.6 Å². The number of rotatable bonds is 4. The maximum absolute atomic E-state index is 11.3. The van der Waals surface area contributed by atoms with Crippen molar-refractivity contribution in [3.8, 4) is 0 Å². The number of carbonyl (C=O) groups is 1. The van der Waals surface area contributed by atoms with Crippen molar-refractivity contribution in [2.45, 2.75) is 6.54 Å². The zero-order valence-corrected chi connectivity index (χ0v) is 11.3. The molecule has 0 fully saturated rings. The number of carboxylic acids is 1. The number of fused-ring (bicyclic) bond motifs is 1. The maximum Gasteiger partial charge on any atom is 0.358 e. The lowest BCUT2D eigenvalue weighted by molar-refractivity contribution is 0.0690. The summed E-state index contributed by atoms with van der Waals surface area (Å²) in [7, 11) is 1.83. The van der Waals surface area contributed by atoms with E-state index in [1.54, 1.807) is 10.7 Å². The lowest BCUT2D eigenvalue weighted by atomic mass is 10.1. The zero-order chi connectivity index (χ0) is 14.8. The molecule has 0 amide bonds. The number of carboxylic acid groups (broad SMARTS) is 1. The molecule has 7 nitrogen and oxygen atoms in total. The van der Waals surface area contributed by atoms with Crippen molar-refractivity contribution in [1.29, 1.82) is 0 Å². The first kappa shape index (κ1) is 13.0. The summed E-state index contributed by atoms with van der Waals surface area (Å²) in [5.41, 5.74) is 1.82. The molecule has 0 spiro atoms. The molecule has 2 N–H and O–H groups in total. The maximum atomic E-state index is 11.3. The van der Waals surface area contributed by atoms with Crippen LogP contribution in [0.3, 0.4) is 0 Å². The van der Waals surface area contributed by atoms with Gasteiger partial charge in [0.05, 0.1) is 23.4 Å². The van der Waals surface area contributed by atoms with Crippen LogP contribution >= 0.6 is 0 Å². The van der Waals surface area contributed by atoms with Crippen LogP contribution in [-0.4, -0.2) is 31.1 Å². The van der Waals surface area contributed by atoms with Gasteiger partial charge in [0.25, 0.3) is 0 Å². The molecule has 3 rings (SSSR count). The van der Waals surface area contributed by atoms with E-state index in [4.69, 9.17) is 0 Å². The molecule has 0 aliphatic rings. The Bertz CT molecular complexity index is 812. The second-order valence-corrected chi connectivity index (χ2v) is 4.58. The summed E-state index contributed by atoms with van der Waals surface area (Å²) in [4.78, 5) is 11.3. The smallest absolute Gasteiger partial charge is 0.358 e. The van der Waals surface area contributed by atoms with E-state index >= 15 is 0 Å². The van der Waals surface area contributed by atoms with Crippen LogP contribution in [0.4, 0.5) is 5.69 Å². The van der Waals surface area contributed by atoms with Gasteiger partial charge in [0.2, 0.25) is 0 Å². The first-order valence-electron chi connectivity index (χ1n) is 6.36. The molecule has 21 heavy (non-hydrogen) atoms. The quantitative estimate of drug-likeness (QED) is 0.756. The van der Waals surface area contributed by atoms with Crippen molar-refractivity contribution in [1.82, 2.24) is 20.0 Å². The third-order valence-electron chi connectivity index (χ3n) is 3.09. The third kappa shape index (κ3) is 2.53. The Morgan fingerprint density at radius 2 is 2.10 bits per heavy atom. The number of nitrogens with zero attached hydrogens (tertiary/aromatic N) is 4. The van der Waals surface area contributed by atoms with Crippen LogP contribution in [0.25, 0.3) is 10.9 Å². The summed E-state index contributed by atoms with van der Waals surface area (Å²) < 4.78 is 1.69. The van der Waals surface area contributed by atoms with Crippen molar-refractivity contribution in [2.75, 3.05) is 5.32 Å². The second-order valence-electron chi connectivity index (χ2n) is 4.58. The van der Waals surface area contributed by atoms with E-state index < -0.39 is 5.97 Å². The molecule has 1 aromatic carbocycles. The van der Waals surface area contributed by atoms with Gasteiger partial charge in [-0.1, -0.05) is 18.2 Å². The molecule has 7 heteroatoms. The molecule has 0 bridgehead atoms. The van der Waals surface area contributed by atoms with E-state index in [1.165, 1.54) is 0 Å². The zero-order valence-electron chi connectivity index (χ0n) is 11.3. The molecule has 0 radical (unpaired) electrons. The molecular weight excluding hydrogens is 270 g/mol. The molecule has 106 valence electrons. The van der Waals surface area contributed by atoms with Crippen LogP contribution in [0.2, 0.25) is 0 Å². The van der Waals surface area contributed by atoms with Crippen molar-refractivity contribution < 1.29 is 9.90 Å². The predicted octanol–water partition coefficient (Wildman–Crippen LogP) is 1.67. The Morgan fingerprint density at radius 1 is 1.29 bits per heavy atom. The number of hydrogen-bond acceptors (Lipinski definition) is 5. The van der Waals surface area contributed by atoms with Crippen LogP contribution in [0, 0.1) is 0 Å². The number of aromatic nitrogens is 4. The van der Waals surface area contributed by atoms with Crippen molar-refractivity contribution in [2.24, 2.45) is 7.05 Å². The van der Waals surface area contributed by atoms with E-state index in [-0.39, 0.29) is 5.69 Å². The number of hydrogen-bond donors (Lipinski definition) is 2. The number of benzene rings is 1. The van der Waals surface area contributed by atoms with Crippen molar-refractivity contribution in [3.05, 3.63) is 47.9 Å². The van der Waals surface area contributed by atoms with E-state index in [0.717, 1.165) is 11.1 Å². The molecule has 2 heterocycles. The molecule has 0 atom stereocenters. The predicted molar refractivity (Wildman–Crippen MR) is 77.0 cm³/mol. The molecule has 0 aliphatic heterocycles. The van der Waals surface area contributed by atoms with Crippen LogP contribution in [0.1, 0.15) is 16.2 Å². The van der Waals surface area contributed by atoms with Gasteiger partial charge < -0.3 is 10.4 Å². The SMILES string of the molecule is Cn1ccc(CNc2c(C(=O)O)nnc3ccccc23)n1. The number of aromatic carboxylic acids is 1. The Hall–Kier alpha value is -2.96. The molecular formula is C14H13N5O2. The van der Waals surface area contributed by atoms with Gasteiger partial charge in [-0.05, 0) is 12.1 Å². The highest BCUT2D eigenvalue weighted by molar-refractivity contribution is 6.02. The fourth-order valence-corrected chi connectivity index (χ4v) is 2.12. The standard InChI is InChI=1S/C14H13N5O2/c1-19-7-6-9(18-19)8-15-12-10-4-2-3-5-11(10)16-17-13(12)14(20)21/h2-7H,8H2,1H3,(H,15,16)(H,20,21). The number of anilines is 1. The van der Waals surface area contributed by atoms with Crippen LogP contribution in [0.15, 0.2) is 36.5 Å². The largest absolute Gasteiger partial charge is 0.476 e. The fourth-order valence-electron chi connectivity index (χ4n) is 2.12. The Kier molecular flexibility index (Phi) is 3.23. The highest BCUT2D eigenvalue weighted by atomic mass is 16.4. The van der Waals surface area contributed by atoms with Gasteiger partial charge >= 0.3 is 5.97 Å². The van der Waals surface area contributed by atoms with Gasteiger partial charge in [-0.25, -0.2) is 4.79 Å². The lowest BCUT2D eigenvalue weighted by Crippen LogP contribution is -2.11. The van der Waals surface area contributed by atoms with E-state index in [0.29, 0.717) is 17.7 Å². The summed E-state index contributed by atoms with van der Waals surface area (Å²) in [6, 6.07) is 9.14. The highest BCUT2D eigenvalue weighted by Crippen LogP contribution is 2.24. The van der Waals surface area contributed by atoms with Crippen LogP contribution < -0.4 is 5.32 Å². The summed E-state index contributed by atoms with van der Waals surface area (Å²) >= 11 is 0. The fraction of sp³-hybridized carbons (Fsp3) is 0.143. The second kappa shape index (κ2) is 5.20. The normalized spacial score (nSPS) is 10.7. The van der Waals surface area contributed by atoms with Gasteiger partial charge in [-0.15, -0.1) is 10.2 Å². The summed E-state index contributed by atoms with van der Waals surface area (Å²) in [5.74, 6) is -1.11. The molecule has 0 saturated carbocycles. The summed E-state index contributed by atoms with van der Waals surface area (Å²) in [6.07, 6.45) is 1.83. The van der Waals surface area contributed by atoms with Gasteiger partial charge in [0.15, 0.2) is 5.69 Å². The van der Waals surface area contributed by atoms with E-state index in [1.807, 2.05) is 37.5 Å². The minimum absolute atomic E-state index is 0.0929. The Balaban J connectivity index is 2.01. The lowest BCUT2D eigenvalue weighted by Gasteiger charge is -2.10. The summed E-state index contributed by atoms with van der Waals surface area (Å²) in [6.45, 7) is 0.413. The van der Waals surface area contributed by atoms with E-state index in [9.17, 15) is 9.90 Å². The van der Waals surface area contributed by atoms with Crippen molar-refractivity contribution in [3.63, 3.8) is 0 Å². The van der Waals surface area contributed by atoms with Gasteiger partial charge in [-0.3, -0.25) is 4.68 Å². The van der Waals surface area contributed by atoms with Crippen LogP contribution in [0.5, 0.6) is 0 Å². The van der Waals surface area contributed by atoms with E-state index in [2.05, 4.69) is 20.6 Å². The first-order chi connectivity index (χ1) is 10.1. The van der Waals surface area contributed by atoms with Gasteiger partial charge in [0.1, 0.15) is 0 Å². The minimum Gasteiger partial charge on any atom is -0.476 e. The minimum atomic E-state index is -1.11. The highest BCUT2D eigenvalue weighted by Gasteiger charge is 2.16. The Labute approximate surface area is 120 Å². The average molecular weight is 283 g/mol. The average Bonchev–Trinajstić information content (AvgIpc) is 2.90. The molecule has 2 aromatic heterocycles. The van der Waals surface area contributed by atoms with Gasteiger partial charge in [0, 0.05) is 18.6 Å².